The fourth-order valence-electron chi connectivity index (χ4n) is 1.40. The van der Waals surface area contributed by atoms with Gasteiger partial charge in [-0.2, -0.15) is 0 Å². The Balaban J connectivity index is 1.77. The van der Waals surface area contributed by atoms with Crippen LogP contribution >= 0.6 is 11.8 Å². The van der Waals surface area contributed by atoms with Crippen molar-refractivity contribution in [2.45, 2.75) is 18.6 Å². The van der Waals surface area contributed by atoms with Gasteiger partial charge in [0, 0.05) is 12.1 Å². The van der Waals surface area contributed by atoms with Crippen LogP contribution in [0, 0.1) is 12.7 Å². The van der Waals surface area contributed by atoms with Crippen molar-refractivity contribution in [2.24, 2.45) is 0 Å². The largest absolute Gasteiger partial charge is 0.351 e. The zero-order chi connectivity index (χ0) is 13.7. The third-order valence-corrected chi connectivity index (χ3v) is 3.19. The predicted molar refractivity (Wildman–Crippen MR) is 70.1 cm³/mol. The minimum atomic E-state index is -0.319. The molecule has 0 spiro atoms. The van der Waals surface area contributed by atoms with E-state index in [0.29, 0.717) is 16.5 Å². The van der Waals surface area contributed by atoms with Crippen LogP contribution in [0.15, 0.2) is 29.4 Å². The van der Waals surface area contributed by atoms with Gasteiger partial charge in [0.25, 0.3) is 0 Å². The number of benzene rings is 1. The second kappa shape index (κ2) is 6.33. The number of hydrogen-bond acceptors (Lipinski definition) is 4. The summed E-state index contributed by atoms with van der Waals surface area (Å²) in [5.74, 6) is 0.399. The molecule has 0 aliphatic rings. The van der Waals surface area contributed by atoms with Gasteiger partial charge in [0.2, 0.25) is 11.1 Å². The van der Waals surface area contributed by atoms with Crippen LogP contribution < -0.4 is 5.32 Å². The SMILES string of the molecule is Cc1nc(SCC(=O)NCc2ccccc2F)n[nH]1. The van der Waals surface area contributed by atoms with Crippen LogP contribution in [0.1, 0.15) is 11.4 Å². The molecule has 7 heteroatoms. The Morgan fingerprint density at radius 3 is 2.95 bits per heavy atom. The smallest absolute Gasteiger partial charge is 0.230 e. The number of halogens is 1. The lowest BCUT2D eigenvalue weighted by atomic mass is 10.2. The number of amides is 1. The summed E-state index contributed by atoms with van der Waals surface area (Å²) in [6.45, 7) is 1.97. The molecule has 0 aliphatic heterocycles. The standard InChI is InChI=1S/C12H13FN4OS/c1-8-15-12(17-16-8)19-7-11(18)14-6-9-4-2-3-5-10(9)13/h2-5H,6-7H2,1H3,(H,14,18)(H,15,16,17). The number of aryl methyl sites for hydroxylation is 1. The van der Waals surface area contributed by atoms with E-state index >= 15 is 0 Å². The van der Waals surface area contributed by atoms with Gasteiger partial charge in [0.05, 0.1) is 5.75 Å². The molecule has 19 heavy (non-hydrogen) atoms. The number of aromatic amines is 1. The number of thioether (sulfide) groups is 1. The van der Waals surface area contributed by atoms with E-state index in [9.17, 15) is 9.18 Å². The molecule has 100 valence electrons. The maximum atomic E-state index is 13.3. The number of H-pyrrole nitrogens is 1. The average Bonchev–Trinajstić information content (AvgIpc) is 2.81. The molecule has 1 heterocycles. The first-order chi connectivity index (χ1) is 9.15. The van der Waals surface area contributed by atoms with E-state index in [1.807, 2.05) is 0 Å². The van der Waals surface area contributed by atoms with Crippen LogP contribution in [0.25, 0.3) is 0 Å². The van der Waals surface area contributed by atoms with Crippen LogP contribution in [-0.2, 0) is 11.3 Å². The topological polar surface area (TPSA) is 70.7 Å². The number of hydrogen-bond donors (Lipinski definition) is 2. The van der Waals surface area contributed by atoms with Gasteiger partial charge in [-0.25, -0.2) is 9.37 Å². The Kier molecular flexibility index (Phi) is 4.51. The quantitative estimate of drug-likeness (QED) is 0.817. The first-order valence-electron chi connectivity index (χ1n) is 5.67. The Labute approximate surface area is 114 Å². The Morgan fingerprint density at radius 1 is 1.47 bits per heavy atom. The molecule has 1 aromatic carbocycles. The van der Waals surface area contributed by atoms with Gasteiger partial charge in [-0.05, 0) is 13.0 Å². The molecule has 5 nitrogen and oxygen atoms in total. The second-order valence-corrected chi connectivity index (χ2v) is 4.80. The monoisotopic (exact) mass is 280 g/mol. The predicted octanol–water partition coefficient (Wildman–Crippen LogP) is 1.66. The molecule has 0 saturated carbocycles. The van der Waals surface area contributed by atoms with Gasteiger partial charge >= 0.3 is 0 Å². The minimum Gasteiger partial charge on any atom is -0.351 e. The van der Waals surface area contributed by atoms with Crippen LogP contribution in [0.3, 0.4) is 0 Å². The van der Waals surface area contributed by atoms with Gasteiger partial charge in [0.15, 0.2) is 0 Å². The minimum absolute atomic E-state index is 0.180. The molecule has 0 bridgehead atoms. The van der Waals surface area contributed by atoms with Crippen molar-refractivity contribution in [3.05, 3.63) is 41.5 Å². The van der Waals surface area contributed by atoms with Gasteiger partial charge in [-0.15, -0.1) is 5.10 Å². The number of carbonyl (C=O) groups is 1. The van der Waals surface area contributed by atoms with Crippen LogP contribution in [-0.4, -0.2) is 26.8 Å². The second-order valence-electron chi connectivity index (χ2n) is 3.86. The average molecular weight is 280 g/mol. The first-order valence-corrected chi connectivity index (χ1v) is 6.65. The molecule has 2 aromatic rings. The highest BCUT2D eigenvalue weighted by molar-refractivity contribution is 7.99. The van der Waals surface area contributed by atoms with Crippen molar-refractivity contribution in [2.75, 3.05) is 5.75 Å². The molecule has 2 rings (SSSR count). The molecule has 0 radical (unpaired) electrons. The van der Waals surface area contributed by atoms with E-state index in [2.05, 4.69) is 20.5 Å². The van der Waals surface area contributed by atoms with Gasteiger partial charge in [0.1, 0.15) is 11.6 Å². The summed E-state index contributed by atoms with van der Waals surface area (Å²) in [6.07, 6.45) is 0. The highest BCUT2D eigenvalue weighted by Crippen LogP contribution is 2.11. The Bertz CT molecular complexity index is 572. The fourth-order valence-corrected chi connectivity index (χ4v) is 2.08. The molecule has 0 aliphatic carbocycles. The summed E-state index contributed by atoms with van der Waals surface area (Å²) in [6, 6.07) is 6.35. The molecular weight excluding hydrogens is 267 g/mol. The van der Waals surface area contributed by atoms with Gasteiger partial charge in [-0.3, -0.25) is 9.89 Å². The summed E-state index contributed by atoms with van der Waals surface area (Å²) in [4.78, 5) is 15.7. The van der Waals surface area contributed by atoms with Crippen LogP contribution in [0.4, 0.5) is 4.39 Å². The van der Waals surface area contributed by atoms with Crippen molar-refractivity contribution in [1.29, 1.82) is 0 Å². The lowest BCUT2D eigenvalue weighted by Crippen LogP contribution is -2.25. The summed E-state index contributed by atoms with van der Waals surface area (Å²) in [7, 11) is 0. The molecule has 1 amide bonds. The highest BCUT2D eigenvalue weighted by atomic mass is 32.2. The number of rotatable bonds is 5. The van der Waals surface area contributed by atoms with Crippen LogP contribution in [0.2, 0.25) is 0 Å². The van der Waals surface area contributed by atoms with E-state index < -0.39 is 0 Å². The molecule has 1 aromatic heterocycles. The Morgan fingerprint density at radius 2 is 2.26 bits per heavy atom. The van der Waals surface area contributed by atoms with Crippen molar-refractivity contribution in [3.8, 4) is 0 Å². The zero-order valence-corrected chi connectivity index (χ0v) is 11.1. The molecular formula is C12H13FN4OS. The summed E-state index contributed by atoms with van der Waals surface area (Å²) in [5, 5.41) is 9.78. The van der Waals surface area contributed by atoms with Gasteiger partial charge in [-0.1, -0.05) is 30.0 Å². The number of carbonyl (C=O) groups excluding carboxylic acids is 1. The summed E-state index contributed by atoms with van der Waals surface area (Å²) in [5.41, 5.74) is 0.467. The van der Waals surface area contributed by atoms with E-state index in [4.69, 9.17) is 0 Å². The van der Waals surface area contributed by atoms with Crippen molar-refractivity contribution >= 4 is 17.7 Å². The molecule has 0 atom stereocenters. The maximum Gasteiger partial charge on any atom is 0.230 e. The fraction of sp³-hybridized carbons (Fsp3) is 0.250. The number of aromatic nitrogens is 3. The highest BCUT2D eigenvalue weighted by Gasteiger charge is 2.07. The van der Waals surface area contributed by atoms with Crippen molar-refractivity contribution < 1.29 is 9.18 Å². The van der Waals surface area contributed by atoms with Gasteiger partial charge < -0.3 is 5.32 Å². The number of nitrogens with zero attached hydrogens (tertiary/aromatic N) is 2. The third-order valence-electron chi connectivity index (χ3n) is 2.34. The molecule has 0 fully saturated rings. The Hall–Kier alpha value is -1.89. The third kappa shape index (κ3) is 4.06. The summed E-state index contributed by atoms with van der Waals surface area (Å²) >= 11 is 1.23. The number of nitrogens with one attached hydrogen (secondary N) is 2. The maximum absolute atomic E-state index is 13.3. The summed E-state index contributed by atoms with van der Waals surface area (Å²) < 4.78 is 13.3. The molecule has 0 saturated heterocycles. The molecule has 0 unspecified atom stereocenters. The zero-order valence-electron chi connectivity index (χ0n) is 10.3. The van der Waals surface area contributed by atoms with E-state index in [1.165, 1.54) is 17.8 Å². The first kappa shape index (κ1) is 13.5. The van der Waals surface area contributed by atoms with Crippen LogP contribution in [0.5, 0.6) is 0 Å². The molecule has 2 N–H and O–H groups in total. The van der Waals surface area contributed by atoms with E-state index in [1.54, 1.807) is 25.1 Å². The van der Waals surface area contributed by atoms with Crippen molar-refractivity contribution in [3.63, 3.8) is 0 Å². The van der Waals surface area contributed by atoms with E-state index in [-0.39, 0.29) is 24.0 Å². The normalized spacial score (nSPS) is 10.4. The lowest BCUT2D eigenvalue weighted by molar-refractivity contribution is -0.118. The lowest BCUT2D eigenvalue weighted by Gasteiger charge is -2.05. The van der Waals surface area contributed by atoms with Crippen molar-refractivity contribution in [1.82, 2.24) is 20.5 Å². The van der Waals surface area contributed by atoms with E-state index in [0.717, 1.165) is 0 Å².